The van der Waals surface area contributed by atoms with Crippen LogP contribution in [-0.2, 0) is 11.3 Å². The number of hydrogen-bond donors (Lipinski definition) is 1. The van der Waals surface area contributed by atoms with Crippen molar-refractivity contribution >= 4 is 17.2 Å². The highest BCUT2D eigenvalue weighted by atomic mass is 32.1. The molecule has 0 aromatic carbocycles. The third-order valence-electron chi connectivity index (χ3n) is 3.76. The van der Waals surface area contributed by atoms with Gasteiger partial charge in [0.2, 0.25) is 5.91 Å². The number of nitrogens with zero attached hydrogens (tertiary/aromatic N) is 2. The van der Waals surface area contributed by atoms with Crippen LogP contribution in [0, 0.1) is 5.92 Å². The molecule has 0 saturated heterocycles. The highest BCUT2D eigenvalue weighted by molar-refractivity contribution is 7.09. The van der Waals surface area contributed by atoms with Crippen LogP contribution in [0.15, 0.2) is 17.5 Å². The summed E-state index contributed by atoms with van der Waals surface area (Å²) in [5.74, 6) is 0.861. The first kappa shape index (κ1) is 14.5. The summed E-state index contributed by atoms with van der Waals surface area (Å²) in [6, 6.07) is 4.44. The molecule has 1 amide bonds. The molecule has 1 aliphatic carbocycles. The Hall–Kier alpha value is -0.910. The zero-order valence-electron chi connectivity index (χ0n) is 11.7. The SMILES string of the molecule is CN(Cc1cccs1)C(=O)CN(C)C(CN)C1CC1. The number of hydrogen-bond acceptors (Lipinski definition) is 4. The van der Waals surface area contributed by atoms with E-state index < -0.39 is 0 Å². The van der Waals surface area contributed by atoms with Crippen LogP contribution in [0.25, 0.3) is 0 Å². The molecule has 2 N–H and O–H groups in total. The van der Waals surface area contributed by atoms with E-state index in [9.17, 15) is 4.79 Å². The minimum Gasteiger partial charge on any atom is -0.340 e. The molecular formula is C14H23N3OS. The lowest BCUT2D eigenvalue weighted by molar-refractivity contribution is -0.131. The molecule has 1 fully saturated rings. The van der Waals surface area contributed by atoms with Crippen molar-refractivity contribution < 1.29 is 4.79 Å². The smallest absolute Gasteiger partial charge is 0.236 e. The number of likely N-dealkylation sites (N-methyl/N-ethyl adjacent to an activating group) is 2. The zero-order valence-corrected chi connectivity index (χ0v) is 12.5. The Labute approximate surface area is 119 Å². The predicted molar refractivity (Wildman–Crippen MR) is 79.0 cm³/mol. The van der Waals surface area contributed by atoms with Gasteiger partial charge in [-0.2, -0.15) is 0 Å². The minimum atomic E-state index is 0.162. The quantitative estimate of drug-likeness (QED) is 0.821. The van der Waals surface area contributed by atoms with Crippen molar-refractivity contribution in [3.63, 3.8) is 0 Å². The van der Waals surface area contributed by atoms with Gasteiger partial charge in [0.1, 0.15) is 0 Å². The normalized spacial score (nSPS) is 16.6. The predicted octanol–water partition coefficient (Wildman–Crippen LogP) is 1.38. The summed E-state index contributed by atoms with van der Waals surface area (Å²) in [5, 5.41) is 2.04. The maximum atomic E-state index is 12.2. The fourth-order valence-electron chi connectivity index (χ4n) is 2.39. The molecule has 1 saturated carbocycles. The Morgan fingerprint density at radius 3 is 2.79 bits per heavy atom. The Kier molecular flexibility index (Phi) is 4.96. The van der Waals surface area contributed by atoms with Crippen LogP contribution in [0.1, 0.15) is 17.7 Å². The first-order valence-corrected chi connectivity index (χ1v) is 7.66. The second-order valence-electron chi connectivity index (χ2n) is 5.38. The lowest BCUT2D eigenvalue weighted by atomic mass is 10.1. The molecule has 1 aromatic rings. The van der Waals surface area contributed by atoms with E-state index >= 15 is 0 Å². The van der Waals surface area contributed by atoms with Crippen LogP contribution in [0.5, 0.6) is 0 Å². The van der Waals surface area contributed by atoms with Crippen LogP contribution < -0.4 is 5.73 Å². The lowest BCUT2D eigenvalue weighted by Crippen LogP contribution is -2.45. The summed E-state index contributed by atoms with van der Waals surface area (Å²) in [7, 11) is 3.87. The second kappa shape index (κ2) is 6.50. The highest BCUT2D eigenvalue weighted by Gasteiger charge is 2.33. The van der Waals surface area contributed by atoms with Gasteiger partial charge < -0.3 is 10.6 Å². The third kappa shape index (κ3) is 4.03. The number of rotatable bonds is 7. The maximum Gasteiger partial charge on any atom is 0.236 e. The Morgan fingerprint density at radius 2 is 2.26 bits per heavy atom. The molecular weight excluding hydrogens is 258 g/mol. The van der Waals surface area contributed by atoms with E-state index in [1.165, 1.54) is 17.7 Å². The van der Waals surface area contributed by atoms with Crippen molar-refractivity contribution in [1.82, 2.24) is 9.80 Å². The molecule has 1 aromatic heterocycles. The van der Waals surface area contributed by atoms with Crippen molar-refractivity contribution in [2.45, 2.75) is 25.4 Å². The molecule has 19 heavy (non-hydrogen) atoms. The van der Waals surface area contributed by atoms with Gasteiger partial charge in [-0.15, -0.1) is 11.3 Å². The van der Waals surface area contributed by atoms with E-state index in [1.54, 1.807) is 16.2 Å². The summed E-state index contributed by atoms with van der Waals surface area (Å²) in [6.07, 6.45) is 2.51. The lowest BCUT2D eigenvalue weighted by Gasteiger charge is -2.28. The van der Waals surface area contributed by atoms with Gasteiger partial charge >= 0.3 is 0 Å². The van der Waals surface area contributed by atoms with Gasteiger partial charge in [0.15, 0.2) is 0 Å². The Bertz CT molecular complexity index is 403. The van der Waals surface area contributed by atoms with Crippen LogP contribution >= 0.6 is 11.3 Å². The number of amides is 1. The number of carbonyl (C=O) groups excluding carboxylic acids is 1. The summed E-state index contributed by atoms with van der Waals surface area (Å²) in [5.41, 5.74) is 5.81. The van der Waals surface area contributed by atoms with Crippen molar-refractivity contribution in [3.8, 4) is 0 Å². The summed E-state index contributed by atoms with van der Waals surface area (Å²) >= 11 is 1.69. The molecule has 5 heteroatoms. The van der Waals surface area contributed by atoms with E-state index in [0.29, 0.717) is 31.6 Å². The summed E-state index contributed by atoms with van der Waals surface area (Å²) in [6.45, 7) is 1.80. The minimum absolute atomic E-state index is 0.162. The number of carbonyl (C=O) groups is 1. The van der Waals surface area contributed by atoms with Gasteiger partial charge in [-0.05, 0) is 37.3 Å². The van der Waals surface area contributed by atoms with Crippen LogP contribution in [0.4, 0.5) is 0 Å². The molecule has 1 atom stereocenters. The van der Waals surface area contributed by atoms with Gasteiger partial charge in [-0.3, -0.25) is 9.69 Å². The molecule has 0 bridgehead atoms. The van der Waals surface area contributed by atoms with Gasteiger partial charge in [0, 0.05) is 24.5 Å². The first-order valence-electron chi connectivity index (χ1n) is 6.78. The second-order valence-corrected chi connectivity index (χ2v) is 6.42. The molecule has 2 rings (SSSR count). The van der Waals surface area contributed by atoms with Crippen LogP contribution in [0.3, 0.4) is 0 Å². The monoisotopic (exact) mass is 281 g/mol. The largest absolute Gasteiger partial charge is 0.340 e. The topological polar surface area (TPSA) is 49.6 Å². The molecule has 4 nitrogen and oxygen atoms in total. The molecule has 1 aliphatic rings. The average Bonchev–Trinajstić information content (AvgIpc) is 3.07. The van der Waals surface area contributed by atoms with Crippen LogP contribution in [0.2, 0.25) is 0 Å². The van der Waals surface area contributed by atoms with E-state index in [2.05, 4.69) is 11.0 Å². The molecule has 106 valence electrons. The first-order chi connectivity index (χ1) is 9.11. The van der Waals surface area contributed by atoms with Crippen molar-refractivity contribution in [2.24, 2.45) is 11.7 Å². The van der Waals surface area contributed by atoms with Crippen molar-refractivity contribution in [3.05, 3.63) is 22.4 Å². The molecule has 0 spiro atoms. The van der Waals surface area contributed by atoms with E-state index in [0.717, 1.165) is 0 Å². The standard InChI is InChI=1S/C14H23N3OS/c1-16(13(8-15)11-5-6-11)10-14(18)17(2)9-12-4-3-7-19-12/h3-4,7,11,13H,5-6,8-10,15H2,1-2H3. The molecule has 0 radical (unpaired) electrons. The number of thiophene rings is 1. The van der Waals surface area contributed by atoms with Crippen molar-refractivity contribution in [2.75, 3.05) is 27.2 Å². The Balaban J connectivity index is 1.82. The van der Waals surface area contributed by atoms with Gasteiger partial charge in [-0.25, -0.2) is 0 Å². The third-order valence-corrected chi connectivity index (χ3v) is 4.62. The summed E-state index contributed by atoms with van der Waals surface area (Å²) in [4.78, 5) is 17.3. The Morgan fingerprint density at radius 1 is 1.53 bits per heavy atom. The number of nitrogens with two attached hydrogens (primary N) is 1. The van der Waals surface area contributed by atoms with Gasteiger partial charge in [-0.1, -0.05) is 6.07 Å². The van der Waals surface area contributed by atoms with E-state index in [-0.39, 0.29) is 5.91 Å². The fraction of sp³-hybridized carbons (Fsp3) is 0.643. The molecule has 0 aliphatic heterocycles. The van der Waals surface area contributed by atoms with Gasteiger partial charge in [0.25, 0.3) is 0 Å². The van der Waals surface area contributed by atoms with E-state index in [1.807, 2.05) is 25.5 Å². The van der Waals surface area contributed by atoms with Crippen LogP contribution in [-0.4, -0.2) is 48.9 Å². The maximum absolute atomic E-state index is 12.2. The summed E-state index contributed by atoms with van der Waals surface area (Å²) < 4.78 is 0. The van der Waals surface area contributed by atoms with Crippen molar-refractivity contribution in [1.29, 1.82) is 0 Å². The molecule has 1 heterocycles. The van der Waals surface area contributed by atoms with Gasteiger partial charge in [0.05, 0.1) is 13.1 Å². The zero-order chi connectivity index (χ0) is 13.8. The molecule has 1 unspecified atom stereocenters. The fourth-order valence-corrected chi connectivity index (χ4v) is 3.15. The van der Waals surface area contributed by atoms with E-state index in [4.69, 9.17) is 5.73 Å². The highest BCUT2D eigenvalue weighted by Crippen LogP contribution is 2.34. The average molecular weight is 281 g/mol.